The normalized spacial score (nSPS) is 15.7. The molecule has 29 heavy (non-hydrogen) atoms. The predicted molar refractivity (Wildman–Crippen MR) is 106 cm³/mol. The molecule has 2 rings (SSSR count). The largest absolute Gasteiger partial charge is 0.475 e. The van der Waals surface area contributed by atoms with Gasteiger partial charge >= 0.3 is 17.7 Å². The molecule has 0 saturated carbocycles. The van der Waals surface area contributed by atoms with Crippen LogP contribution in [0.5, 0.6) is 5.75 Å². The fourth-order valence-electron chi connectivity index (χ4n) is 2.82. The third-order valence-electron chi connectivity index (χ3n) is 4.10. The zero-order chi connectivity index (χ0) is 21.6. The van der Waals surface area contributed by atoms with Crippen molar-refractivity contribution in [2.75, 3.05) is 26.8 Å². The number of likely N-dealkylation sites (tertiary alicyclic amines) is 1. The lowest BCUT2D eigenvalue weighted by Gasteiger charge is -2.31. The Bertz CT molecular complexity index is 812. The van der Waals surface area contributed by atoms with Crippen LogP contribution in [0.2, 0.25) is 0 Å². The van der Waals surface area contributed by atoms with E-state index in [4.69, 9.17) is 9.47 Å². The molecule has 0 N–H and O–H groups in total. The summed E-state index contributed by atoms with van der Waals surface area (Å²) in [5, 5.41) is 11.4. The number of rotatable bonds is 5. The third kappa shape index (κ3) is 6.78. The van der Waals surface area contributed by atoms with Crippen LogP contribution in [-0.4, -0.2) is 54.3 Å². The third-order valence-corrected chi connectivity index (χ3v) is 4.10. The minimum atomic E-state index is -0.630. The van der Waals surface area contributed by atoms with Gasteiger partial charge in [-0.2, -0.15) is 0 Å². The van der Waals surface area contributed by atoms with E-state index in [0.717, 1.165) is 18.4 Å². The summed E-state index contributed by atoms with van der Waals surface area (Å²) in [6.45, 7) is 6.04. The van der Waals surface area contributed by atoms with E-state index >= 15 is 0 Å². The molecule has 0 atom stereocenters. The molecular weight excluding hydrogens is 380 g/mol. The molecule has 1 aromatic rings. The first-order chi connectivity index (χ1) is 13.6. The van der Waals surface area contributed by atoms with Gasteiger partial charge in [0.05, 0.1) is 12.0 Å². The van der Waals surface area contributed by atoms with Gasteiger partial charge in [-0.1, -0.05) is 17.7 Å². The maximum atomic E-state index is 12.3. The van der Waals surface area contributed by atoms with Crippen molar-refractivity contribution < 1.29 is 28.7 Å². The van der Waals surface area contributed by atoms with Gasteiger partial charge < -0.3 is 19.1 Å². The minimum Gasteiger partial charge on any atom is -0.475 e. The minimum absolute atomic E-state index is 0.0124. The number of benzene rings is 1. The highest BCUT2D eigenvalue weighted by atomic mass is 16.6. The summed E-state index contributed by atoms with van der Waals surface area (Å²) in [5.41, 5.74) is 0.768. The van der Waals surface area contributed by atoms with Gasteiger partial charge in [0.25, 0.3) is 0 Å². The first-order valence-corrected chi connectivity index (χ1v) is 9.24. The Kier molecular flexibility index (Phi) is 7.19. The zero-order valence-electron chi connectivity index (χ0n) is 17.1. The zero-order valence-corrected chi connectivity index (χ0v) is 17.1. The molecule has 1 heterocycles. The Hall–Kier alpha value is -3.10. The van der Waals surface area contributed by atoms with Crippen LogP contribution < -0.4 is 4.74 Å². The molecule has 1 aliphatic rings. The topological polar surface area (TPSA) is 108 Å². The second-order valence-electron chi connectivity index (χ2n) is 7.66. The van der Waals surface area contributed by atoms with Crippen LogP contribution in [0.25, 0.3) is 6.08 Å². The van der Waals surface area contributed by atoms with Crippen molar-refractivity contribution in [3.8, 4) is 5.75 Å². The highest BCUT2D eigenvalue weighted by Gasteiger charge is 2.25. The summed E-state index contributed by atoms with van der Waals surface area (Å²) < 4.78 is 15.1. The molecule has 0 spiro atoms. The molecule has 9 heteroatoms. The number of piperidine rings is 1. The average Bonchev–Trinajstić information content (AvgIpc) is 2.65. The van der Waals surface area contributed by atoms with Gasteiger partial charge in [0.2, 0.25) is 0 Å². The van der Waals surface area contributed by atoms with Gasteiger partial charge in [-0.15, -0.1) is 0 Å². The van der Waals surface area contributed by atoms with Crippen LogP contribution >= 0.6 is 0 Å². The Morgan fingerprint density at radius 1 is 1.31 bits per heavy atom. The molecule has 1 amide bonds. The number of nitrogens with zero attached hydrogens (tertiary/aromatic N) is 2. The van der Waals surface area contributed by atoms with E-state index in [0.29, 0.717) is 18.7 Å². The van der Waals surface area contributed by atoms with Crippen LogP contribution in [-0.2, 0) is 14.3 Å². The van der Waals surface area contributed by atoms with Crippen LogP contribution in [0.15, 0.2) is 23.8 Å². The number of carbonyl (C=O) groups is 2. The van der Waals surface area contributed by atoms with E-state index in [1.165, 1.54) is 19.2 Å². The average molecular weight is 406 g/mol. The number of hydrogen-bond acceptors (Lipinski definition) is 7. The molecule has 158 valence electrons. The van der Waals surface area contributed by atoms with Crippen molar-refractivity contribution in [3.63, 3.8) is 0 Å². The SMILES string of the molecule is COC(=O)COc1ccc(C=C2CCCN(C(=O)OC(C)(C)C)C2)cc1[N+](=O)[O-]. The van der Waals surface area contributed by atoms with E-state index in [-0.39, 0.29) is 17.5 Å². The number of carbonyl (C=O) groups excluding carboxylic acids is 2. The molecule has 0 radical (unpaired) electrons. The van der Waals surface area contributed by atoms with Crippen LogP contribution in [0.3, 0.4) is 0 Å². The summed E-state index contributed by atoms with van der Waals surface area (Å²) in [4.78, 5) is 35.9. The molecule has 0 bridgehead atoms. The summed E-state index contributed by atoms with van der Waals surface area (Å²) in [5.74, 6) is -0.642. The van der Waals surface area contributed by atoms with E-state index in [2.05, 4.69) is 4.74 Å². The van der Waals surface area contributed by atoms with Crippen LogP contribution in [0, 0.1) is 10.1 Å². The maximum absolute atomic E-state index is 12.3. The van der Waals surface area contributed by atoms with Crippen molar-refractivity contribution in [1.29, 1.82) is 0 Å². The molecule has 0 unspecified atom stereocenters. The summed E-state index contributed by atoms with van der Waals surface area (Å²) in [6.07, 6.45) is 3.02. The Labute approximate surface area is 169 Å². The number of esters is 1. The molecule has 1 aliphatic heterocycles. The lowest BCUT2D eigenvalue weighted by atomic mass is 10.0. The van der Waals surface area contributed by atoms with Gasteiger partial charge in [0, 0.05) is 19.2 Å². The monoisotopic (exact) mass is 406 g/mol. The van der Waals surface area contributed by atoms with Crippen molar-refractivity contribution >= 4 is 23.8 Å². The van der Waals surface area contributed by atoms with Crippen molar-refractivity contribution in [3.05, 3.63) is 39.4 Å². The molecular formula is C20H26N2O7. The Morgan fingerprint density at radius 3 is 2.66 bits per heavy atom. The highest BCUT2D eigenvalue weighted by Crippen LogP contribution is 2.30. The standard InChI is InChI=1S/C20H26N2O7/c1-20(2,3)29-19(24)21-9-5-6-15(12-21)10-14-7-8-17(16(11-14)22(25)26)28-13-18(23)27-4/h7-8,10-11H,5-6,9,12-13H2,1-4H3. The van der Waals surface area contributed by atoms with E-state index in [9.17, 15) is 19.7 Å². The summed E-state index contributed by atoms with van der Waals surface area (Å²) >= 11 is 0. The van der Waals surface area contributed by atoms with Crippen LogP contribution in [0.1, 0.15) is 39.2 Å². The first kappa shape index (κ1) is 22.2. The molecule has 1 aromatic carbocycles. The number of nitro benzene ring substituents is 1. The maximum Gasteiger partial charge on any atom is 0.410 e. The van der Waals surface area contributed by atoms with Crippen LogP contribution in [0.4, 0.5) is 10.5 Å². The number of methoxy groups -OCH3 is 1. The molecule has 1 fully saturated rings. The molecule has 1 saturated heterocycles. The predicted octanol–water partition coefficient (Wildman–Crippen LogP) is 3.56. The van der Waals surface area contributed by atoms with E-state index in [1.807, 2.05) is 26.8 Å². The van der Waals surface area contributed by atoms with Gasteiger partial charge in [0.15, 0.2) is 12.4 Å². The quantitative estimate of drug-likeness (QED) is 0.418. The van der Waals surface area contributed by atoms with Crippen molar-refractivity contribution in [2.45, 2.75) is 39.2 Å². The fraction of sp³-hybridized carbons (Fsp3) is 0.500. The fourth-order valence-corrected chi connectivity index (χ4v) is 2.82. The highest BCUT2D eigenvalue weighted by molar-refractivity contribution is 5.71. The Morgan fingerprint density at radius 2 is 2.03 bits per heavy atom. The van der Waals surface area contributed by atoms with E-state index in [1.54, 1.807) is 11.0 Å². The lowest BCUT2D eigenvalue weighted by molar-refractivity contribution is -0.385. The number of amides is 1. The summed E-state index contributed by atoms with van der Waals surface area (Å²) in [6, 6.07) is 4.49. The molecule has 0 aliphatic carbocycles. The van der Waals surface area contributed by atoms with E-state index < -0.39 is 23.1 Å². The number of ether oxygens (including phenoxy) is 3. The second-order valence-corrected chi connectivity index (χ2v) is 7.66. The van der Waals surface area contributed by atoms with Crippen molar-refractivity contribution in [1.82, 2.24) is 4.90 Å². The molecule has 0 aromatic heterocycles. The second kappa shape index (κ2) is 9.40. The van der Waals surface area contributed by atoms with Gasteiger partial charge in [-0.05, 0) is 45.2 Å². The summed E-state index contributed by atoms with van der Waals surface area (Å²) in [7, 11) is 1.21. The molecule has 9 nitrogen and oxygen atoms in total. The number of nitro groups is 1. The van der Waals surface area contributed by atoms with Gasteiger partial charge in [-0.25, -0.2) is 9.59 Å². The van der Waals surface area contributed by atoms with Crippen molar-refractivity contribution in [2.24, 2.45) is 0 Å². The smallest absolute Gasteiger partial charge is 0.410 e. The Balaban J connectivity index is 2.16. The van der Waals surface area contributed by atoms with Gasteiger partial charge in [-0.3, -0.25) is 10.1 Å². The van der Waals surface area contributed by atoms with Gasteiger partial charge in [0.1, 0.15) is 5.60 Å². The lowest BCUT2D eigenvalue weighted by Crippen LogP contribution is -2.40. The number of hydrogen-bond donors (Lipinski definition) is 0. The first-order valence-electron chi connectivity index (χ1n) is 9.24.